The molecule has 0 saturated carbocycles. The summed E-state index contributed by atoms with van der Waals surface area (Å²) in [6.45, 7) is 1.90. The largest absolute Gasteiger partial charge is 0.334 e. The van der Waals surface area contributed by atoms with Crippen molar-refractivity contribution in [1.29, 1.82) is 0 Å². The van der Waals surface area contributed by atoms with E-state index < -0.39 is 6.42 Å². The number of hydrogen-bond acceptors (Lipinski definition) is 4. The molecule has 1 atom stereocenters. The van der Waals surface area contributed by atoms with Crippen molar-refractivity contribution in [3.63, 3.8) is 0 Å². The number of amidine groups is 1. The third-order valence-electron chi connectivity index (χ3n) is 4.56. The third-order valence-corrected chi connectivity index (χ3v) is 8.86. The van der Waals surface area contributed by atoms with Crippen molar-refractivity contribution < 1.29 is 8.91 Å². The maximum absolute atomic E-state index is 14.5. The van der Waals surface area contributed by atoms with Crippen molar-refractivity contribution in [2.45, 2.75) is 6.92 Å². The molecule has 3 aromatic rings. The second-order valence-electron chi connectivity index (χ2n) is 6.15. The molecule has 4 rings (SSSR count). The standard InChI is InChI=1S/C19H18FN4OPS/c1-13-17-19(24(22-13)14-9-5-4-6-10-14)21-18(23(2)26(17,27)25-3)15-11-7-8-12-16(15)20/h4-12H,1-3H3/t26-/m0/s1. The van der Waals surface area contributed by atoms with E-state index in [2.05, 4.69) is 5.10 Å². The van der Waals surface area contributed by atoms with Crippen molar-refractivity contribution in [1.82, 2.24) is 14.5 Å². The number of aliphatic imine (C=N–C) groups is 1. The molecule has 1 aliphatic heterocycles. The Morgan fingerprint density at radius 3 is 2.41 bits per heavy atom. The van der Waals surface area contributed by atoms with Crippen LogP contribution in [0.5, 0.6) is 0 Å². The molecule has 2 aromatic carbocycles. The molecule has 8 heteroatoms. The van der Waals surface area contributed by atoms with Crippen molar-refractivity contribution in [3.05, 3.63) is 71.7 Å². The number of rotatable bonds is 3. The normalized spacial score (nSPS) is 19.0. The van der Waals surface area contributed by atoms with Gasteiger partial charge in [0.15, 0.2) is 12.2 Å². The van der Waals surface area contributed by atoms with Crippen LogP contribution in [0.15, 0.2) is 59.6 Å². The van der Waals surface area contributed by atoms with Gasteiger partial charge in [0.2, 0.25) is 0 Å². The molecule has 138 valence electrons. The summed E-state index contributed by atoms with van der Waals surface area (Å²) in [6.07, 6.45) is -2.67. The molecule has 0 unspecified atom stereocenters. The Bertz CT molecular complexity index is 1100. The highest BCUT2D eigenvalue weighted by Gasteiger charge is 2.40. The van der Waals surface area contributed by atoms with E-state index in [4.69, 9.17) is 21.3 Å². The molecule has 0 aliphatic carbocycles. The first-order valence-corrected chi connectivity index (χ1v) is 11.0. The molecular formula is C19H18FN4OPS. The Morgan fingerprint density at radius 1 is 1.07 bits per heavy atom. The first-order valence-electron chi connectivity index (χ1n) is 8.36. The van der Waals surface area contributed by atoms with E-state index in [1.807, 2.05) is 37.3 Å². The lowest BCUT2D eigenvalue weighted by Crippen LogP contribution is -2.34. The van der Waals surface area contributed by atoms with Crippen molar-refractivity contribution in [3.8, 4) is 5.69 Å². The fraction of sp³-hybridized carbons (Fsp3) is 0.158. The minimum atomic E-state index is -2.67. The van der Waals surface area contributed by atoms with Crippen LogP contribution in [0.3, 0.4) is 0 Å². The highest BCUT2D eigenvalue weighted by molar-refractivity contribution is 8.15. The molecule has 0 saturated heterocycles. The predicted octanol–water partition coefficient (Wildman–Crippen LogP) is 3.92. The van der Waals surface area contributed by atoms with E-state index in [1.165, 1.54) is 6.07 Å². The van der Waals surface area contributed by atoms with Gasteiger partial charge in [-0.2, -0.15) is 5.10 Å². The molecular weight excluding hydrogens is 382 g/mol. The number of benzene rings is 2. The summed E-state index contributed by atoms with van der Waals surface area (Å²) < 4.78 is 23.9. The van der Waals surface area contributed by atoms with Gasteiger partial charge in [-0.15, -0.1) is 0 Å². The third kappa shape index (κ3) is 2.74. The molecule has 1 aromatic heterocycles. The summed E-state index contributed by atoms with van der Waals surface area (Å²) in [5, 5.41) is 5.46. The maximum Gasteiger partial charge on any atom is 0.192 e. The number of hydrogen-bond donors (Lipinski definition) is 0. The lowest BCUT2D eigenvalue weighted by molar-refractivity contribution is 0.438. The van der Waals surface area contributed by atoms with Crippen LogP contribution in [0.4, 0.5) is 10.2 Å². The minimum absolute atomic E-state index is 0.355. The quantitative estimate of drug-likeness (QED) is 0.625. The summed E-state index contributed by atoms with van der Waals surface area (Å²) in [4.78, 5) is 4.78. The molecule has 0 amide bonds. The Hall–Kier alpha value is -2.34. The molecule has 0 N–H and O–H groups in total. The van der Waals surface area contributed by atoms with Crippen LogP contribution >= 0.6 is 6.42 Å². The molecule has 0 bridgehead atoms. The van der Waals surface area contributed by atoms with Gasteiger partial charge in [-0.1, -0.05) is 30.3 Å². The van der Waals surface area contributed by atoms with Crippen LogP contribution in [0, 0.1) is 12.7 Å². The molecule has 5 nitrogen and oxygen atoms in total. The van der Waals surface area contributed by atoms with Gasteiger partial charge in [0.25, 0.3) is 0 Å². The van der Waals surface area contributed by atoms with E-state index in [9.17, 15) is 4.39 Å². The zero-order valence-electron chi connectivity index (χ0n) is 15.1. The number of fused-ring (bicyclic) bond motifs is 1. The van der Waals surface area contributed by atoms with Crippen molar-refractivity contribution in [2.24, 2.45) is 4.99 Å². The molecule has 2 heterocycles. The first-order chi connectivity index (χ1) is 13.0. The number of para-hydroxylation sites is 1. The second-order valence-corrected chi connectivity index (χ2v) is 10.1. The van der Waals surface area contributed by atoms with E-state index in [0.29, 0.717) is 17.2 Å². The zero-order chi connectivity index (χ0) is 19.2. The van der Waals surface area contributed by atoms with E-state index >= 15 is 0 Å². The average molecular weight is 400 g/mol. The lowest BCUT2D eigenvalue weighted by atomic mass is 10.2. The number of aryl methyl sites for hydroxylation is 1. The molecule has 27 heavy (non-hydrogen) atoms. The van der Waals surface area contributed by atoms with Crippen LogP contribution in [0.1, 0.15) is 11.3 Å². The molecule has 1 aliphatic rings. The molecule has 0 radical (unpaired) electrons. The number of aromatic nitrogens is 2. The van der Waals surface area contributed by atoms with Crippen LogP contribution in [0.2, 0.25) is 0 Å². The van der Waals surface area contributed by atoms with Crippen LogP contribution in [-0.4, -0.2) is 34.4 Å². The summed E-state index contributed by atoms with van der Waals surface area (Å²) in [5.74, 6) is 0.690. The second kappa shape index (κ2) is 6.68. The van der Waals surface area contributed by atoms with Gasteiger partial charge in [0, 0.05) is 14.2 Å². The minimum Gasteiger partial charge on any atom is -0.334 e. The number of halogens is 1. The Morgan fingerprint density at radius 2 is 1.74 bits per heavy atom. The highest BCUT2D eigenvalue weighted by Crippen LogP contribution is 2.55. The van der Waals surface area contributed by atoms with E-state index in [-0.39, 0.29) is 5.82 Å². The van der Waals surface area contributed by atoms with Crippen LogP contribution in [-0.2, 0) is 16.3 Å². The SMILES string of the molecule is CO[P@]1(=S)c2c(C)nn(-c3ccccc3)c2N=C(c2ccccc2F)N1C. The van der Waals surface area contributed by atoms with Gasteiger partial charge in [0.05, 0.1) is 22.2 Å². The van der Waals surface area contributed by atoms with Crippen molar-refractivity contribution >= 4 is 35.2 Å². The van der Waals surface area contributed by atoms with E-state index in [0.717, 1.165) is 16.7 Å². The summed E-state index contributed by atoms with van der Waals surface area (Å²) in [7, 11) is 3.39. The highest BCUT2D eigenvalue weighted by atomic mass is 32.4. The van der Waals surface area contributed by atoms with Gasteiger partial charge in [-0.25, -0.2) is 14.1 Å². The fourth-order valence-electron chi connectivity index (χ4n) is 3.23. The lowest BCUT2D eigenvalue weighted by Gasteiger charge is -2.36. The smallest absolute Gasteiger partial charge is 0.192 e. The molecule has 0 fully saturated rings. The Balaban J connectivity index is 2.04. The van der Waals surface area contributed by atoms with Crippen LogP contribution in [0.25, 0.3) is 5.69 Å². The topological polar surface area (TPSA) is 42.6 Å². The summed E-state index contributed by atoms with van der Waals surface area (Å²) in [5.41, 5.74) is 2.01. The number of nitrogens with zero attached hydrogens (tertiary/aromatic N) is 4. The first kappa shape index (κ1) is 18.0. The average Bonchev–Trinajstić information content (AvgIpc) is 3.03. The van der Waals surface area contributed by atoms with Gasteiger partial charge >= 0.3 is 0 Å². The predicted molar refractivity (Wildman–Crippen MR) is 110 cm³/mol. The van der Waals surface area contributed by atoms with Gasteiger partial charge < -0.3 is 9.19 Å². The van der Waals surface area contributed by atoms with E-state index in [1.54, 1.807) is 41.7 Å². The Labute approximate surface area is 162 Å². The van der Waals surface area contributed by atoms with Gasteiger partial charge in [-0.3, -0.25) is 0 Å². The Kier molecular flexibility index (Phi) is 4.46. The summed E-state index contributed by atoms with van der Waals surface area (Å²) >= 11 is 5.96. The molecule has 0 spiro atoms. The summed E-state index contributed by atoms with van der Waals surface area (Å²) in [6, 6.07) is 16.2. The van der Waals surface area contributed by atoms with Crippen molar-refractivity contribution in [2.75, 3.05) is 14.2 Å². The van der Waals surface area contributed by atoms with Crippen LogP contribution < -0.4 is 5.30 Å². The maximum atomic E-state index is 14.5. The van der Waals surface area contributed by atoms with Gasteiger partial charge in [-0.05, 0) is 43.0 Å². The monoisotopic (exact) mass is 400 g/mol. The van der Waals surface area contributed by atoms with Gasteiger partial charge in [0.1, 0.15) is 11.7 Å². The fourth-order valence-corrected chi connectivity index (χ4v) is 6.08. The zero-order valence-corrected chi connectivity index (χ0v) is 16.8.